The van der Waals surface area contributed by atoms with E-state index >= 15 is 0 Å². The lowest BCUT2D eigenvalue weighted by Gasteiger charge is -2.30. The van der Waals surface area contributed by atoms with Gasteiger partial charge in [-0.3, -0.25) is 14.4 Å². The topological polar surface area (TPSA) is 162 Å². The molecule has 4 N–H and O–H groups in total. The fourth-order valence-corrected chi connectivity index (χ4v) is 7.71. The molecule has 2 aromatic carbocycles. The molecule has 0 saturated carbocycles. The molecule has 0 aromatic heterocycles. The Morgan fingerprint density at radius 1 is 1.10 bits per heavy atom. The van der Waals surface area contributed by atoms with Gasteiger partial charge in [-0.15, -0.1) is 0 Å². The third-order valence-corrected chi connectivity index (χ3v) is 9.76. The number of phenols is 2. The zero-order valence-corrected chi connectivity index (χ0v) is 22.2. The Morgan fingerprint density at radius 3 is 2.49 bits per heavy atom. The number of hydrogen-bond acceptors (Lipinski definition) is 7. The lowest BCUT2D eigenvalue weighted by molar-refractivity contribution is -0.139. The van der Waals surface area contributed by atoms with E-state index in [0.29, 0.717) is 24.8 Å². The smallest absolute Gasteiger partial charge is 0.258 e. The van der Waals surface area contributed by atoms with Crippen molar-refractivity contribution < 1.29 is 37.4 Å². The van der Waals surface area contributed by atoms with E-state index in [2.05, 4.69) is 0 Å². The van der Waals surface area contributed by atoms with Crippen molar-refractivity contribution in [1.29, 1.82) is 0 Å². The number of amides is 3. The minimum absolute atomic E-state index is 0.00989. The minimum Gasteiger partial charge on any atom is -0.504 e. The van der Waals surface area contributed by atoms with Gasteiger partial charge in [-0.1, -0.05) is 17.7 Å². The standard InChI is InChI=1S/C25H26ClFN4O7S/c26-15-9-13(5-6-16(15)27)11-29-12-14-20(10-19(32)22(33)21(14)25(29)36)39(37,38)31-8-2-4-18(31)24(35)30-7-1-3-17(30)23(28)34/h5-6,9-10,17-18,32-33H,1-4,7-8,11-12H2,(H2,28,34). The van der Waals surface area contributed by atoms with Crippen LogP contribution in [-0.4, -0.2) is 75.6 Å². The molecule has 39 heavy (non-hydrogen) atoms. The Kier molecular flexibility index (Phi) is 6.93. The van der Waals surface area contributed by atoms with Crippen LogP contribution >= 0.6 is 11.6 Å². The first-order valence-corrected chi connectivity index (χ1v) is 14.2. The number of halogens is 2. The number of benzene rings is 2. The Balaban J connectivity index is 1.48. The first-order valence-electron chi connectivity index (χ1n) is 12.3. The maximum atomic E-state index is 13.9. The van der Waals surface area contributed by atoms with E-state index in [1.807, 2.05) is 0 Å². The number of fused-ring (bicyclic) bond motifs is 1. The van der Waals surface area contributed by atoms with Gasteiger partial charge in [0, 0.05) is 37.8 Å². The molecule has 0 radical (unpaired) electrons. The molecule has 3 aliphatic rings. The SMILES string of the molecule is NC(=O)C1CCCN1C(=O)C1CCCN1S(=O)(=O)c1cc(O)c(O)c2c1CN(Cc1ccc(F)c(Cl)c1)C2=O. The maximum Gasteiger partial charge on any atom is 0.258 e. The van der Waals surface area contributed by atoms with Crippen molar-refractivity contribution in [1.82, 2.24) is 14.1 Å². The average molecular weight is 581 g/mol. The average Bonchev–Trinajstić information content (AvgIpc) is 3.63. The predicted octanol–water partition coefficient (Wildman–Crippen LogP) is 1.68. The van der Waals surface area contributed by atoms with E-state index in [-0.39, 0.29) is 48.7 Å². The van der Waals surface area contributed by atoms with Gasteiger partial charge < -0.3 is 25.7 Å². The van der Waals surface area contributed by atoms with E-state index in [1.54, 1.807) is 0 Å². The van der Waals surface area contributed by atoms with Crippen molar-refractivity contribution >= 4 is 39.3 Å². The molecule has 2 fully saturated rings. The van der Waals surface area contributed by atoms with Crippen molar-refractivity contribution in [3.8, 4) is 11.5 Å². The molecule has 3 amide bonds. The Morgan fingerprint density at radius 2 is 1.79 bits per heavy atom. The van der Waals surface area contributed by atoms with Crippen LogP contribution in [0.3, 0.4) is 0 Å². The van der Waals surface area contributed by atoms with Gasteiger partial charge in [-0.05, 0) is 43.4 Å². The number of sulfonamides is 1. The summed E-state index contributed by atoms with van der Waals surface area (Å²) >= 11 is 5.85. The zero-order chi connectivity index (χ0) is 28.2. The second-order valence-corrected chi connectivity index (χ2v) is 12.1. The Hall–Kier alpha value is -3.42. The van der Waals surface area contributed by atoms with E-state index in [4.69, 9.17) is 17.3 Å². The molecule has 3 heterocycles. The summed E-state index contributed by atoms with van der Waals surface area (Å²) < 4.78 is 42.5. The van der Waals surface area contributed by atoms with Crippen LogP contribution in [-0.2, 0) is 32.7 Å². The first-order chi connectivity index (χ1) is 18.4. The molecule has 3 aliphatic heterocycles. The summed E-state index contributed by atoms with van der Waals surface area (Å²) in [7, 11) is -4.45. The molecular weight excluding hydrogens is 555 g/mol. The van der Waals surface area contributed by atoms with Crippen LogP contribution in [0.25, 0.3) is 0 Å². The third kappa shape index (κ3) is 4.57. The largest absolute Gasteiger partial charge is 0.504 e. The lowest BCUT2D eigenvalue weighted by Crippen LogP contribution is -2.52. The second kappa shape index (κ2) is 9.96. The molecule has 0 spiro atoms. The van der Waals surface area contributed by atoms with Gasteiger partial charge in [0.2, 0.25) is 21.8 Å². The fraction of sp³-hybridized carbons (Fsp3) is 0.400. The summed E-state index contributed by atoms with van der Waals surface area (Å²) in [6.07, 6.45) is 1.57. The number of nitrogens with two attached hydrogens (primary N) is 1. The number of rotatable bonds is 6. The summed E-state index contributed by atoms with van der Waals surface area (Å²) in [5, 5.41) is 20.7. The molecule has 14 heteroatoms. The quantitative estimate of drug-likeness (QED) is 0.438. The second-order valence-electron chi connectivity index (χ2n) is 9.87. The molecule has 2 atom stereocenters. The van der Waals surface area contributed by atoms with Crippen molar-refractivity contribution in [3.63, 3.8) is 0 Å². The highest BCUT2D eigenvalue weighted by molar-refractivity contribution is 7.89. The predicted molar refractivity (Wildman–Crippen MR) is 136 cm³/mol. The molecule has 5 rings (SSSR count). The van der Waals surface area contributed by atoms with E-state index in [0.717, 1.165) is 16.4 Å². The van der Waals surface area contributed by atoms with Crippen LogP contribution in [0.2, 0.25) is 5.02 Å². The molecule has 2 saturated heterocycles. The van der Waals surface area contributed by atoms with Crippen LogP contribution in [0.4, 0.5) is 4.39 Å². The summed E-state index contributed by atoms with van der Waals surface area (Å²) in [5.41, 5.74) is 5.52. The zero-order valence-electron chi connectivity index (χ0n) is 20.6. The number of aromatic hydroxyl groups is 2. The number of nitrogens with zero attached hydrogens (tertiary/aromatic N) is 3. The lowest BCUT2D eigenvalue weighted by atomic mass is 10.1. The number of phenolic OH excluding ortho intramolecular Hbond substituents is 2. The van der Waals surface area contributed by atoms with E-state index in [9.17, 15) is 37.4 Å². The number of likely N-dealkylation sites (tertiary alicyclic amines) is 1. The summed E-state index contributed by atoms with van der Waals surface area (Å²) in [6.45, 7) is -0.00551. The van der Waals surface area contributed by atoms with Crippen LogP contribution < -0.4 is 5.73 Å². The van der Waals surface area contributed by atoms with E-state index in [1.165, 1.54) is 21.9 Å². The van der Waals surface area contributed by atoms with Crippen molar-refractivity contribution in [2.24, 2.45) is 5.73 Å². The highest BCUT2D eigenvalue weighted by Crippen LogP contribution is 2.43. The van der Waals surface area contributed by atoms with Gasteiger partial charge in [0.15, 0.2) is 11.5 Å². The van der Waals surface area contributed by atoms with Gasteiger partial charge >= 0.3 is 0 Å². The van der Waals surface area contributed by atoms with Gasteiger partial charge in [-0.25, -0.2) is 12.8 Å². The molecular formula is C25H26ClFN4O7S. The van der Waals surface area contributed by atoms with Gasteiger partial charge in [0.25, 0.3) is 5.91 Å². The molecule has 208 valence electrons. The first kappa shape index (κ1) is 27.2. The normalized spacial score (nSPS) is 21.5. The number of hydrogen-bond donors (Lipinski definition) is 3. The monoisotopic (exact) mass is 580 g/mol. The summed E-state index contributed by atoms with van der Waals surface area (Å²) in [4.78, 5) is 40.6. The summed E-state index contributed by atoms with van der Waals surface area (Å²) in [6, 6.07) is 2.87. The van der Waals surface area contributed by atoms with Crippen molar-refractivity contribution in [2.75, 3.05) is 13.1 Å². The Bertz CT molecular complexity index is 1500. The number of carbonyl (C=O) groups is 3. The van der Waals surface area contributed by atoms with Crippen LogP contribution in [0.1, 0.15) is 47.2 Å². The van der Waals surface area contributed by atoms with Crippen LogP contribution in [0.15, 0.2) is 29.2 Å². The third-order valence-electron chi connectivity index (χ3n) is 7.49. The fourth-order valence-electron chi connectivity index (χ4n) is 5.62. The highest BCUT2D eigenvalue weighted by Gasteiger charge is 2.46. The van der Waals surface area contributed by atoms with Crippen molar-refractivity contribution in [2.45, 2.75) is 55.8 Å². The van der Waals surface area contributed by atoms with Gasteiger partial charge in [0.1, 0.15) is 17.9 Å². The van der Waals surface area contributed by atoms with Crippen molar-refractivity contribution in [3.05, 3.63) is 51.8 Å². The minimum atomic E-state index is -4.45. The molecule has 11 nitrogen and oxygen atoms in total. The van der Waals surface area contributed by atoms with Gasteiger partial charge in [-0.2, -0.15) is 4.31 Å². The van der Waals surface area contributed by atoms with Crippen LogP contribution in [0.5, 0.6) is 11.5 Å². The highest BCUT2D eigenvalue weighted by atomic mass is 35.5. The van der Waals surface area contributed by atoms with Gasteiger partial charge in [0.05, 0.1) is 15.5 Å². The number of carbonyl (C=O) groups excluding carboxylic acids is 3. The number of primary amides is 1. The molecule has 0 aliphatic carbocycles. The summed E-state index contributed by atoms with van der Waals surface area (Å²) in [5.74, 6) is -4.12. The molecule has 0 bridgehead atoms. The molecule has 2 unspecified atom stereocenters. The Labute approximate surface area is 228 Å². The maximum absolute atomic E-state index is 13.9. The van der Waals surface area contributed by atoms with Crippen LogP contribution in [0, 0.1) is 5.82 Å². The van der Waals surface area contributed by atoms with E-state index < -0.39 is 62.0 Å². The molecule has 2 aromatic rings.